The van der Waals surface area contributed by atoms with Crippen LogP contribution in [0, 0.1) is 5.82 Å². The van der Waals surface area contributed by atoms with Crippen molar-refractivity contribution >= 4 is 35.0 Å². The number of nitrogens with one attached hydrogen (secondary N) is 1. The van der Waals surface area contributed by atoms with Gasteiger partial charge in [-0.3, -0.25) is 9.59 Å². The lowest BCUT2D eigenvalue weighted by Crippen LogP contribution is -2.49. The third-order valence-corrected chi connectivity index (χ3v) is 5.25. The zero-order chi connectivity index (χ0) is 21.0. The van der Waals surface area contributed by atoms with Crippen LogP contribution in [0.25, 0.3) is 0 Å². The lowest BCUT2D eigenvalue weighted by Gasteiger charge is -2.26. The smallest absolute Gasteiger partial charge is 0.256 e. The molecule has 154 valence electrons. The minimum Gasteiger partial charge on any atom is -0.488 e. The molecular formula is C21H21Cl2FN2O3. The van der Waals surface area contributed by atoms with Crippen LogP contribution in [0.4, 0.5) is 4.39 Å². The quantitative estimate of drug-likeness (QED) is 0.730. The molecule has 1 fully saturated rings. The average Bonchev–Trinajstić information content (AvgIpc) is 3.18. The Hall–Kier alpha value is -2.31. The summed E-state index contributed by atoms with van der Waals surface area (Å²) in [6.07, 6.45) is 1.26. The van der Waals surface area contributed by atoms with Crippen LogP contribution in [-0.2, 0) is 4.79 Å². The van der Waals surface area contributed by atoms with Crippen molar-refractivity contribution in [2.45, 2.75) is 31.8 Å². The summed E-state index contributed by atoms with van der Waals surface area (Å²) in [6, 6.07) is 9.77. The van der Waals surface area contributed by atoms with Crippen LogP contribution in [0.2, 0.25) is 10.0 Å². The van der Waals surface area contributed by atoms with E-state index in [-0.39, 0.29) is 40.8 Å². The summed E-state index contributed by atoms with van der Waals surface area (Å²) in [6.45, 7) is 2.32. The fraction of sp³-hybridized carbons (Fsp3) is 0.333. The van der Waals surface area contributed by atoms with E-state index < -0.39 is 11.9 Å². The second kappa shape index (κ2) is 9.46. The van der Waals surface area contributed by atoms with Gasteiger partial charge in [0.15, 0.2) is 11.6 Å². The van der Waals surface area contributed by atoms with Crippen LogP contribution < -0.4 is 10.1 Å². The number of rotatable bonds is 6. The maximum absolute atomic E-state index is 13.6. The summed E-state index contributed by atoms with van der Waals surface area (Å²) in [5.41, 5.74) is 0.273. The van der Waals surface area contributed by atoms with Gasteiger partial charge in [-0.25, -0.2) is 4.39 Å². The van der Waals surface area contributed by atoms with E-state index in [0.29, 0.717) is 24.4 Å². The van der Waals surface area contributed by atoms with Crippen molar-refractivity contribution in [1.29, 1.82) is 0 Å². The first kappa shape index (κ1) is 21.4. The number of halogens is 3. The Morgan fingerprint density at radius 3 is 2.79 bits per heavy atom. The fourth-order valence-corrected chi connectivity index (χ4v) is 3.63. The molecule has 0 aromatic heterocycles. The van der Waals surface area contributed by atoms with Gasteiger partial charge in [0, 0.05) is 11.6 Å². The highest BCUT2D eigenvalue weighted by atomic mass is 35.5. The molecule has 0 saturated carbocycles. The number of hydrogen-bond acceptors (Lipinski definition) is 3. The van der Waals surface area contributed by atoms with Crippen LogP contribution in [-0.4, -0.2) is 41.9 Å². The highest BCUT2D eigenvalue weighted by molar-refractivity contribution is 6.35. The van der Waals surface area contributed by atoms with Crippen molar-refractivity contribution in [2.24, 2.45) is 0 Å². The van der Waals surface area contributed by atoms with Gasteiger partial charge in [0.25, 0.3) is 5.91 Å². The normalized spacial score (nSPS) is 17.1. The van der Waals surface area contributed by atoms with Gasteiger partial charge in [0.05, 0.1) is 16.6 Å². The van der Waals surface area contributed by atoms with Crippen molar-refractivity contribution < 1.29 is 18.7 Å². The van der Waals surface area contributed by atoms with E-state index in [2.05, 4.69) is 5.32 Å². The summed E-state index contributed by atoms with van der Waals surface area (Å²) in [4.78, 5) is 27.2. The van der Waals surface area contributed by atoms with E-state index in [1.54, 1.807) is 31.2 Å². The molecule has 2 aromatic rings. The van der Waals surface area contributed by atoms with Crippen LogP contribution in [0.3, 0.4) is 0 Å². The number of carbonyl (C=O) groups excluding carboxylic acids is 2. The van der Waals surface area contributed by atoms with E-state index in [1.807, 2.05) is 0 Å². The number of carbonyl (C=O) groups is 2. The molecule has 2 amide bonds. The van der Waals surface area contributed by atoms with Gasteiger partial charge in [-0.1, -0.05) is 35.3 Å². The van der Waals surface area contributed by atoms with Crippen molar-refractivity contribution in [3.63, 3.8) is 0 Å². The molecule has 2 atom stereocenters. The molecule has 1 aliphatic rings. The van der Waals surface area contributed by atoms with Gasteiger partial charge in [-0.2, -0.15) is 0 Å². The molecule has 0 radical (unpaired) electrons. The topological polar surface area (TPSA) is 58.6 Å². The van der Waals surface area contributed by atoms with Crippen LogP contribution in [0.1, 0.15) is 30.1 Å². The number of hydrogen-bond donors (Lipinski definition) is 1. The Bertz CT molecular complexity index is 909. The summed E-state index contributed by atoms with van der Waals surface area (Å²) in [5.74, 6) is -0.942. The van der Waals surface area contributed by atoms with Gasteiger partial charge in [-0.05, 0) is 50.1 Å². The Labute approximate surface area is 178 Å². The lowest BCUT2D eigenvalue weighted by atomic mass is 10.1. The van der Waals surface area contributed by atoms with Gasteiger partial charge >= 0.3 is 0 Å². The zero-order valence-electron chi connectivity index (χ0n) is 15.8. The van der Waals surface area contributed by atoms with Crippen LogP contribution in [0.15, 0.2) is 42.5 Å². The van der Waals surface area contributed by atoms with Crippen molar-refractivity contribution in [2.75, 3.05) is 13.2 Å². The van der Waals surface area contributed by atoms with Crippen LogP contribution in [0.5, 0.6) is 5.75 Å². The molecule has 1 aliphatic heterocycles. The summed E-state index contributed by atoms with van der Waals surface area (Å²) < 4.78 is 19.1. The first-order valence-corrected chi connectivity index (χ1v) is 10.1. The minimum atomic E-state index is -0.603. The molecule has 1 heterocycles. The second-order valence-electron chi connectivity index (χ2n) is 6.93. The lowest BCUT2D eigenvalue weighted by molar-refractivity contribution is -0.125. The predicted molar refractivity (Wildman–Crippen MR) is 110 cm³/mol. The molecule has 2 aromatic carbocycles. The number of ether oxygens (including phenoxy) is 1. The predicted octanol–water partition coefficient (Wildman–Crippen LogP) is 4.32. The molecule has 29 heavy (non-hydrogen) atoms. The molecule has 0 aliphatic carbocycles. The number of amides is 2. The average molecular weight is 439 g/mol. The van der Waals surface area contributed by atoms with E-state index in [4.69, 9.17) is 27.9 Å². The SMILES string of the molecule is CC(COc1ccccc1F)NC(=O)C1CCCN1C(=O)c1cc(Cl)ccc1Cl. The van der Waals surface area contributed by atoms with E-state index in [9.17, 15) is 14.0 Å². The Balaban J connectivity index is 1.61. The Morgan fingerprint density at radius 2 is 2.03 bits per heavy atom. The molecule has 0 bridgehead atoms. The summed E-state index contributed by atoms with van der Waals surface area (Å²) >= 11 is 12.1. The third kappa shape index (κ3) is 5.19. The molecule has 2 unspecified atom stereocenters. The molecular weight excluding hydrogens is 418 g/mol. The molecule has 5 nitrogen and oxygen atoms in total. The monoisotopic (exact) mass is 438 g/mol. The maximum Gasteiger partial charge on any atom is 0.256 e. The highest BCUT2D eigenvalue weighted by Gasteiger charge is 2.35. The number of nitrogens with zero attached hydrogens (tertiary/aromatic N) is 1. The number of likely N-dealkylation sites (tertiary alicyclic amines) is 1. The Morgan fingerprint density at radius 1 is 1.28 bits per heavy atom. The van der Waals surface area contributed by atoms with Crippen molar-refractivity contribution in [3.8, 4) is 5.75 Å². The van der Waals surface area contributed by atoms with Gasteiger partial charge in [-0.15, -0.1) is 0 Å². The van der Waals surface area contributed by atoms with Gasteiger partial charge in [0.1, 0.15) is 12.6 Å². The van der Waals surface area contributed by atoms with E-state index >= 15 is 0 Å². The standard InChI is InChI=1S/C21H21Cl2FN2O3/c1-13(12-29-19-7-3-2-5-17(19)24)25-20(27)18-6-4-10-26(18)21(28)15-11-14(22)8-9-16(15)23/h2-3,5,7-9,11,13,18H,4,6,10,12H2,1H3,(H,25,27). The number of benzene rings is 2. The molecule has 1 N–H and O–H groups in total. The zero-order valence-corrected chi connectivity index (χ0v) is 17.3. The first-order valence-electron chi connectivity index (χ1n) is 9.30. The van der Waals surface area contributed by atoms with Crippen molar-refractivity contribution in [3.05, 3.63) is 63.9 Å². The fourth-order valence-electron chi connectivity index (χ4n) is 3.26. The molecule has 8 heteroatoms. The van der Waals surface area contributed by atoms with Crippen molar-refractivity contribution in [1.82, 2.24) is 10.2 Å². The third-order valence-electron chi connectivity index (χ3n) is 4.69. The molecule has 3 rings (SSSR count). The first-order chi connectivity index (χ1) is 13.9. The molecule has 1 saturated heterocycles. The Kier molecular flexibility index (Phi) is 6.98. The van der Waals surface area contributed by atoms with E-state index in [0.717, 1.165) is 0 Å². The second-order valence-corrected chi connectivity index (χ2v) is 7.78. The summed E-state index contributed by atoms with van der Waals surface area (Å²) in [5, 5.41) is 3.52. The molecule has 0 spiro atoms. The summed E-state index contributed by atoms with van der Waals surface area (Å²) in [7, 11) is 0. The highest BCUT2D eigenvalue weighted by Crippen LogP contribution is 2.26. The van der Waals surface area contributed by atoms with Gasteiger partial charge < -0.3 is 15.0 Å². The van der Waals surface area contributed by atoms with Crippen LogP contribution >= 0.6 is 23.2 Å². The van der Waals surface area contributed by atoms with Gasteiger partial charge in [0.2, 0.25) is 5.91 Å². The number of para-hydroxylation sites is 1. The van der Waals surface area contributed by atoms with E-state index in [1.165, 1.54) is 23.1 Å². The minimum absolute atomic E-state index is 0.105. The maximum atomic E-state index is 13.6. The largest absolute Gasteiger partial charge is 0.488 e.